The van der Waals surface area contributed by atoms with Crippen molar-refractivity contribution >= 4 is 5.91 Å². The molecule has 0 unspecified atom stereocenters. The zero-order chi connectivity index (χ0) is 20.1. The summed E-state index contributed by atoms with van der Waals surface area (Å²) in [4.78, 5) is 21.8. The molecule has 2 fully saturated rings. The second-order valence-corrected chi connectivity index (χ2v) is 7.93. The van der Waals surface area contributed by atoms with Crippen LogP contribution in [0.1, 0.15) is 35.7 Å². The van der Waals surface area contributed by atoms with Crippen LogP contribution in [0.2, 0.25) is 0 Å². The van der Waals surface area contributed by atoms with Gasteiger partial charge in [0.15, 0.2) is 0 Å². The van der Waals surface area contributed by atoms with Gasteiger partial charge in [0, 0.05) is 49.9 Å². The number of amides is 1. The van der Waals surface area contributed by atoms with Crippen LogP contribution in [-0.2, 0) is 16.0 Å². The van der Waals surface area contributed by atoms with E-state index in [1.165, 1.54) is 6.07 Å². The Morgan fingerprint density at radius 1 is 1.14 bits per heavy atom. The number of morpholine rings is 1. The minimum absolute atomic E-state index is 0.201. The van der Waals surface area contributed by atoms with Gasteiger partial charge in [0.25, 0.3) is 0 Å². The third-order valence-electron chi connectivity index (χ3n) is 5.76. The average Bonchev–Trinajstić information content (AvgIpc) is 2.75. The third-order valence-corrected chi connectivity index (χ3v) is 5.76. The molecule has 6 heteroatoms. The van der Waals surface area contributed by atoms with Crippen molar-refractivity contribution in [3.63, 3.8) is 0 Å². The Morgan fingerprint density at radius 2 is 1.97 bits per heavy atom. The van der Waals surface area contributed by atoms with E-state index >= 15 is 0 Å². The van der Waals surface area contributed by atoms with Crippen molar-refractivity contribution < 1.29 is 13.9 Å². The van der Waals surface area contributed by atoms with Crippen molar-refractivity contribution in [2.45, 2.75) is 25.2 Å². The van der Waals surface area contributed by atoms with Gasteiger partial charge in [-0.05, 0) is 42.7 Å². The Kier molecular flexibility index (Phi) is 6.52. The van der Waals surface area contributed by atoms with Crippen molar-refractivity contribution in [1.29, 1.82) is 0 Å². The fourth-order valence-electron chi connectivity index (χ4n) is 4.18. The van der Waals surface area contributed by atoms with Crippen LogP contribution in [0.15, 0.2) is 42.5 Å². The Balaban J connectivity index is 1.39. The molecule has 3 heterocycles. The molecule has 1 aromatic carbocycles. The predicted octanol–water partition coefficient (Wildman–Crippen LogP) is 2.85. The van der Waals surface area contributed by atoms with E-state index in [-0.39, 0.29) is 17.6 Å². The summed E-state index contributed by atoms with van der Waals surface area (Å²) in [7, 11) is 0. The molecule has 1 aromatic heterocycles. The molecule has 0 radical (unpaired) electrons. The van der Waals surface area contributed by atoms with Crippen LogP contribution in [0.5, 0.6) is 0 Å². The molecule has 1 atom stereocenters. The Labute approximate surface area is 171 Å². The molecule has 2 aromatic rings. The Hall–Kier alpha value is -2.31. The molecule has 2 aliphatic heterocycles. The number of pyridine rings is 1. The lowest BCUT2D eigenvalue weighted by atomic mass is 9.93. The van der Waals surface area contributed by atoms with E-state index in [2.05, 4.69) is 11.0 Å². The lowest BCUT2D eigenvalue weighted by Crippen LogP contribution is -2.47. The van der Waals surface area contributed by atoms with Gasteiger partial charge in [0.1, 0.15) is 5.82 Å². The fourth-order valence-corrected chi connectivity index (χ4v) is 4.18. The van der Waals surface area contributed by atoms with Crippen LogP contribution in [0.4, 0.5) is 4.39 Å². The van der Waals surface area contributed by atoms with Crippen molar-refractivity contribution in [3.8, 4) is 0 Å². The maximum Gasteiger partial charge on any atom is 0.236 e. The minimum Gasteiger partial charge on any atom is -0.379 e. The number of rotatable bonds is 5. The summed E-state index contributed by atoms with van der Waals surface area (Å²) in [5.41, 5.74) is 2.88. The summed E-state index contributed by atoms with van der Waals surface area (Å²) < 4.78 is 18.8. The Bertz CT molecular complexity index is 838. The van der Waals surface area contributed by atoms with Crippen LogP contribution < -0.4 is 0 Å². The normalized spacial score (nSPS) is 20.6. The average molecular weight is 397 g/mol. The van der Waals surface area contributed by atoms with Gasteiger partial charge in [-0.25, -0.2) is 4.39 Å². The molecule has 0 saturated carbocycles. The summed E-state index contributed by atoms with van der Waals surface area (Å²) in [6.07, 6.45) is 2.64. The molecule has 5 nitrogen and oxygen atoms in total. The van der Waals surface area contributed by atoms with Crippen LogP contribution in [-0.4, -0.2) is 66.6 Å². The third kappa shape index (κ3) is 5.40. The van der Waals surface area contributed by atoms with Crippen molar-refractivity contribution in [2.75, 3.05) is 45.9 Å². The number of benzene rings is 1. The van der Waals surface area contributed by atoms with E-state index in [0.29, 0.717) is 26.2 Å². The maximum absolute atomic E-state index is 13.5. The molecule has 1 amide bonds. The number of ether oxygens (including phenoxy) is 1. The topological polar surface area (TPSA) is 45.7 Å². The van der Waals surface area contributed by atoms with E-state index < -0.39 is 0 Å². The number of piperidine rings is 1. The number of hydrogen-bond acceptors (Lipinski definition) is 4. The molecule has 0 N–H and O–H groups in total. The first-order valence-corrected chi connectivity index (χ1v) is 10.5. The summed E-state index contributed by atoms with van der Waals surface area (Å²) >= 11 is 0. The van der Waals surface area contributed by atoms with E-state index in [1.807, 2.05) is 23.1 Å². The monoisotopic (exact) mass is 397 g/mol. The highest BCUT2D eigenvalue weighted by molar-refractivity contribution is 5.78. The molecule has 154 valence electrons. The summed E-state index contributed by atoms with van der Waals surface area (Å²) in [5.74, 6) is 0.234. The van der Waals surface area contributed by atoms with Gasteiger partial charge in [-0.1, -0.05) is 18.2 Å². The quantitative estimate of drug-likeness (QED) is 0.778. The highest BCUT2D eigenvalue weighted by Gasteiger charge is 2.27. The molecule has 2 aliphatic rings. The number of aromatic nitrogens is 1. The summed E-state index contributed by atoms with van der Waals surface area (Å²) in [5, 5.41) is 0. The smallest absolute Gasteiger partial charge is 0.236 e. The van der Waals surface area contributed by atoms with Gasteiger partial charge in [-0.15, -0.1) is 0 Å². The lowest BCUT2D eigenvalue weighted by Gasteiger charge is -2.35. The fraction of sp³-hybridized carbons (Fsp3) is 0.478. The predicted molar refractivity (Wildman–Crippen MR) is 109 cm³/mol. The first-order chi connectivity index (χ1) is 14.2. The van der Waals surface area contributed by atoms with Gasteiger partial charge in [-0.2, -0.15) is 0 Å². The standard InChI is InChI=1S/C23H28FN3O2/c24-20-6-1-4-18(14-20)15-21-7-2-8-22(25-21)19-5-3-9-27(16-19)23(28)17-26-10-12-29-13-11-26/h1-2,4,6-8,14,19H,3,5,9-13,15-17H2/t19-/m0/s1. The van der Waals surface area contributed by atoms with Gasteiger partial charge in [0.2, 0.25) is 5.91 Å². The highest BCUT2D eigenvalue weighted by Crippen LogP contribution is 2.26. The van der Waals surface area contributed by atoms with Gasteiger partial charge in [-0.3, -0.25) is 14.7 Å². The molecule has 4 rings (SSSR count). The number of likely N-dealkylation sites (tertiary alicyclic amines) is 1. The zero-order valence-electron chi connectivity index (χ0n) is 16.7. The molecule has 0 aliphatic carbocycles. The van der Waals surface area contributed by atoms with E-state index in [1.54, 1.807) is 12.1 Å². The molecule has 2 saturated heterocycles. The largest absolute Gasteiger partial charge is 0.379 e. The maximum atomic E-state index is 13.5. The second-order valence-electron chi connectivity index (χ2n) is 7.93. The molecular weight excluding hydrogens is 369 g/mol. The molecular formula is C23H28FN3O2. The first-order valence-electron chi connectivity index (χ1n) is 10.5. The molecule has 0 spiro atoms. The minimum atomic E-state index is -0.222. The van der Waals surface area contributed by atoms with Gasteiger partial charge in [0.05, 0.1) is 19.8 Å². The zero-order valence-corrected chi connectivity index (χ0v) is 16.7. The van der Waals surface area contributed by atoms with Crippen molar-refractivity contribution in [3.05, 3.63) is 65.2 Å². The lowest BCUT2D eigenvalue weighted by molar-refractivity contribution is -0.134. The Morgan fingerprint density at radius 3 is 2.79 bits per heavy atom. The van der Waals surface area contributed by atoms with Crippen LogP contribution in [0.3, 0.4) is 0 Å². The van der Waals surface area contributed by atoms with Crippen LogP contribution in [0.25, 0.3) is 0 Å². The van der Waals surface area contributed by atoms with Gasteiger partial charge < -0.3 is 9.64 Å². The van der Waals surface area contributed by atoms with Crippen molar-refractivity contribution in [2.24, 2.45) is 0 Å². The van der Waals surface area contributed by atoms with E-state index in [9.17, 15) is 9.18 Å². The first kappa shape index (κ1) is 20.0. The molecule has 0 bridgehead atoms. The number of hydrogen-bond donors (Lipinski definition) is 0. The summed E-state index contributed by atoms with van der Waals surface area (Å²) in [6, 6.07) is 12.7. The van der Waals surface area contributed by atoms with E-state index in [0.717, 1.165) is 56.0 Å². The number of carbonyl (C=O) groups excluding carboxylic acids is 1. The van der Waals surface area contributed by atoms with Crippen LogP contribution in [0, 0.1) is 5.82 Å². The van der Waals surface area contributed by atoms with E-state index in [4.69, 9.17) is 9.72 Å². The molecule has 29 heavy (non-hydrogen) atoms. The van der Waals surface area contributed by atoms with Gasteiger partial charge >= 0.3 is 0 Å². The number of nitrogens with zero attached hydrogens (tertiary/aromatic N) is 3. The number of halogens is 1. The van der Waals surface area contributed by atoms with Crippen LogP contribution >= 0.6 is 0 Å². The van der Waals surface area contributed by atoms with Crippen molar-refractivity contribution in [1.82, 2.24) is 14.8 Å². The summed E-state index contributed by atoms with van der Waals surface area (Å²) in [6.45, 7) is 5.08. The second kappa shape index (κ2) is 9.46. The SMILES string of the molecule is O=C(CN1CCOCC1)N1CCC[C@H](c2cccc(Cc3cccc(F)c3)n2)C1. The number of carbonyl (C=O) groups is 1. The highest BCUT2D eigenvalue weighted by atomic mass is 19.1.